The van der Waals surface area contributed by atoms with Gasteiger partial charge < -0.3 is 0 Å². The lowest BCUT2D eigenvalue weighted by Gasteiger charge is -1.98. The molecule has 0 heterocycles. The minimum Gasteiger partial charge on any atom is -0.225 e. The van der Waals surface area contributed by atoms with Crippen molar-refractivity contribution in [2.75, 3.05) is 6.54 Å². The predicted octanol–water partition coefficient (Wildman–Crippen LogP) is 1.92. The third-order valence-electron chi connectivity index (χ3n) is 0.323. The van der Waals surface area contributed by atoms with Gasteiger partial charge in [0.1, 0.15) is 6.54 Å². The van der Waals surface area contributed by atoms with Gasteiger partial charge in [-0.1, -0.05) is 0 Å². The molecule has 0 saturated carbocycles. The molecule has 0 aliphatic carbocycles. The van der Waals surface area contributed by atoms with Crippen molar-refractivity contribution in [3.63, 3.8) is 0 Å². The summed E-state index contributed by atoms with van der Waals surface area (Å²) in [5, 5.41) is -1.50. The van der Waals surface area contributed by atoms with Gasteiger partial charge in [-0.15, -0.1) is 0 Å². The van der Waals surface area contributed by atoms with Crippen molar-refractivity contribution >= 4 is 29.0 Å². The highest BCUT2D eigenvalue weighted by Crippen LogP contribution is 2.17. The number of hydrogen-bond donors (Lipinski definition) is 0. The summed E-state index contributed by atoms with van der Waals surface area (Å²) < 4.78 is 23.0. The Labute approximate surface area is 55.4 Å². The first-order chi connectivity index (χ1) is 3.56. The molecule has 0 spiro atoms. The molecule has 0 saturated heterocycles. The van der Waals surface area contributed by atoms with Gasteiger partial charge in [-0.25, -0.2) is 4.99 Å². The standard InChI is InChI=1S/C3H2ClF2NS/c4-3(5,6)1-7-2-8/h1H2. The van der Waals surface area contributed by atoms with Crippen LogP contribution in [-0.4, -0.2) is 17.1 Å². The zero-order chi connectivity index (χ0) is 6.62. The van der Waals surface area contributed by atoms with Gasteiger partial charge in [-0.2, -0.15) is 8.78 Å². The van der Waals surface area contributed by atoms with Gasteiger partial charge in [0.05, 0.1) is 5.16 Å². The summed E-state index contributed by atoms with van der Waals surface area (Å²) in [6.45, 7) is -0.794. The SMILES string of the molecule is FC(F)(Cl)CN=C=S. The lowest BCUT2D eigenvalue weighted by Crippen LogP contribution is -2.09. The molecule has 46 valence electrons. The van der Waals surface area contributed by atoms with Crippen LogP contribution < -0.4 is 0 Å². The zero-order valence-electron chi connectivity index (χ0n) is 3.70. The van der Waals surface area contributed by atoms with Crippen molar-refractivity contribution in [1.29, 1.82) is 0 Å². The van der Waals surface area contributed by atoms with E-state index in [0.29, 0.717) is 0 Å². The lowest BCUT2D eigenvalue weighted by atomic mass is 10.7. The first kappa shape index (κ1) is 7.95. The van der Waals surface area contributed by atoms with Crippen molar-refractivity contribution in [2.24, 2.45) is 4.99 Å². The van der Waals surface area contributed by atoms with Crippen LogP contribution in [0.1, 0.15) is 0 Å². The maximum Gasteiger partial charge on any atom is 0.341 e. The van der Waals surface area contributed by atoms with Gasteiger partial charge in [0.2, 0.25) is 0 Å². The monoisotopic (exact) mass is 157 g/mol. The van der Waals surface area contributed by atoms with Gasteiger partial charge in [-0.05, 0) is 23.8 Å². The molecule has 0 aliphatic rings. The van der Waals surface area contributed by atoms with Crippen molar-refractivity contribution in [2.45, 2.75) is 5.38 Å². The fraction of sp³-hybridized carbons (Fsp3) is 0.667. The number of rotatable bonds is 2. The first-order valence-electron chi connectivity index (χ1n) is 1.66. The van der Waals surface area contributed by atoms with Crippen molar-refractivity contribution in [1.82, 2.24) is 0 Å². The topological polar surface area (TPSA) is 12.4 Å². The van der Waals surface area contributed by atoms with Gasteiger partial charge in [0.25, 0.3) is 0 Å². The predicted molar refractivity (Wildman–Crippen MR) is 30.7 cm³/mol. The molecular formula is C3H2ClF2NS. The highest BCUT2D eigenvalue weighted by Gasteiger charge is 2.23. The molecule has 0 N–H and O–H groups in total. The molecule has 0 aromatic carbocycles. The summed E-state index contributed by atoms with van der Waals surface area (Å²) in [5.41, 5.74) is 0. The van der Waals surface area contributed by atoms with E-state index < -0.39 is 11.9 Å². The second-order valence-corrected chi connectivity index (χ2v) is 1.76. The highest BCUT2D eigenvalue weighted by atomic mass is 35.5. The second-order valence-electron chi connectivity index (χ2n) is 1.02. The van der Waals surface area contributed by atoms with Crippen LogP contribution in [0.2, 0.25) is 0 Å². The fourth-order valence-corrected chi connectivity index (χ4v) is 0.246. The molecule has 0 aromatic rings. The summed E-state index contributed by atoms with van der Waals surface area (Å²) in [6, 6.07) is 0. The van der Waals surface area contributed by atoms with E-state index >= 15 is 0 Å². The normalized spacial score (nSPS) is 10.4. The molecule has 0 radical (unpaired) electrons. The molecule has 8 heavy (non-hydrogen) atoms. The average Bonchev–Trinajstić information content (AvgIpc) is 1.59. The third-order valence-corrected chi connectivity index (χ3v) is 0.572. The first-order valence-corrected chi connectivity index (χ1v) is 2.45. The molecule has 0 aromatic heterocycles. The molecule has 0 unspecified atom stereocenters. The van der Waals surface area contributed by atoms with Crippen LogP contribution in [0.25, 0.3) is 0 Å². The van der Waals surface area contributed by atoms with E-state index in [2.05, 4.69) is 28.8 Å². The van der Waals surface area contributed by atoms with E-state index in [0.717, 1.165) is 0 Å². The van der Waals surface area contributed by atoms with E-state index in [4.69, 9.17) is 0 Å². The largest absolute Gasteiger partial charge is 0.341 e. The molecular weight excluding hydrogens is 156 g/mol. The minimum absolute atomic E-state index is 0.794. The Morgan fingerprint density at radius 1 is 1.75 bits per heavy atom. The Hall–Kier alpha value is -0.0500. The molecule has 0 rings (SSSR count). The van der Waals surface area contributed by atoms with Crippen LogP contribution in [0.4, 0.5) is 8.78 Å². The number of hydrogen-bond acceptors (Lipinski definition) is 2. The van der Waals surface area contributed by atoms with Gasteiger partial charge in [-0.3, -0.25) is 0 Å². The van der Waals surface area contributed by atoms with E-state index in [-0.39, 0.29) is 0 Å². The Balaban J connectivity index is 3.55. The van der Waals surface area contributed by atoms with Crippen LogP contribution in [0.5, 0.6) is 0 Å². The molecule has 0 aliphatic heterocycles. The van der Waals surface area contributed by atoms with Crippen LogP contribution in [0.3, 0.4) is 0 Å². The maximum atomic E-state index is 11.5. The quantitative estimate of drug-likeness (QED) is 0.339. The second kappa shape index (κ2) is 3.07. The molecule has 5 heteroatoms. The summed E-state index contributed by atoms with van der Waals surface area (Å²) >= 11 is 8.41. The minimum atomic E-state index is -3.27. The lowest BCUT2D eigenvalue weighted by molar-refractivity contribution is 0.107. The summed E-state index contributed by atoms with van der Waals surface area (Å²) in [6.07, 6.45) is 0. The number of nitrogens with zero attached hydrogens (tertiary/aromatic N) is 1. The van der Waals surface area contributed by atoms with E-state index in [9.17, 15) is 8.78 Å². The summed E-state index contributed by atoms with van der Waals surface area (Å²) in [7, 11) is 0. The maximum absolute atomic E-state index is 11.5. The van der Waals surface area contributed by atoms with Crippen molar-refractivity contribution in [3.8, 4) is 0 Å². The number of alkyl halides is 3. The zero-order valence-corrected chi connectivity index (χ0v) is 5.27. The Morgan fingerprint density at radius 2 is 2.25 bits per heavy atom. The van der Waals surface area contributed by atoms with Gasteiger partial charge in [0.15, 0.2) is 0 Å². The molecule has 0 bridgehead atoms. The average molecular weight is 158 g/mol. The van der Waals surface area contributed by atoms with Crippen molar-refractivity contribution < 1.29 is 8.78 Å². The molecule has 0 amide bonds. The highest BCUT2D eigenvalue weighted by molar-refractivity contribution is 7.78. The Kier molecular flexibility index (Phi) is 3.05. The molecule has 0 atom stereocenters. The number of thiocarbonyl (C=S) groups is 1. The Morgan fingerprint density at radius 3 is 2.38 bits per heavy atom. The Bertz CT molecular complexity index is 115. The van der Waals surface area contributed by atoms with Crippen LogP contribution >= 0.6 is 23.8 Å². The van der Waals surface area contributed by atoms with Gasteiger partial charge >= 0.3 is 5.38 Å². The number of aliphatic imine (C=N–C) groups is 1. The van der Waals surface area contributed by atoms with Crippen LogP contribution in [-0.2, 0) is 0 Å². The third kappa shape index (κ3) is 5.95. The van der Waals surface area contributed by atoms with Gasteiger partial charge in [0, 0.05) is 0 Å². The molecule has 1 nitrogen and oxygen atoms in total. The number of halogens is 3. The van der Waals surface area contributed by atoms with Crippen LogP contribution in [0, 0.1) is 0 Å². The summed E-state index contributed by atoms with van der Waals surface area (Å²) in [5.74, 6) is 0. The van der Waals surface area contributed by atoms with Crippen molar-refractivity contribution in [3.05, 3.63) is 0 Å². The molecule has 0 fully saturated rings. The van der Waals surface area contributed by atoms with E-state index in [1.807, 2.05) is 0 Å². The van der Waals surface area contributed by atoms with E-state index in [1.165, 1.54) is 0 Å². The summed E-state index contributed by atoms with van der Waals surface area (Å²) in [4.78, 5) is 2.93. The smallest absolute Gasteiger partial charge is 0.225 e. The number of isothiocyanates is 1. The van der Waals surface area contributed by atoms with E-state index in [1.54, 1.807) is 5.16 Å². The fourth-order valence-electron chi connectivity index (χ4n) is 0.122. The van der Waals surface area contributed by atoms with Crippen LogP contribution in [0.15, 0.2) is 4.99 Å².